The van der Waals surface area contributed by atoms with Crippen LogP contribution in [0.2, 0.25) is 0 Å². The zero-order valence-electron chi connectivity index (χ0n) is 18.1. The van der Waals surface area contributed by atoms with E-state index in [1.165, 1.54) is 12.8 Å². The molecule has 0 saturated carbocycles. The fourth-order valence-electron chi connectivity index (χ4n) is 4.50. The first-order valence-electron chi connectivity index (χ1n) is 10.8. The molecular weight excluding hydrogens is 382 g/mol. The second kappa shape index (κ2) is 9.08. The predicted molar refractivity (Wildman–Crippen MR) is 113 cm³/mol. The van der Waals surface area contributed by atoms with E-state index in [9.17, 15) is 4.79 Å². The van der Waals surface area contributed by atoms with E-state index in [1.54, 1.807) is 13.2 Å². The van der Waals surface area contributed by atoms with E-state index >= 15 is 0 Å². The third kappa shape index (κ3) is 4.31. The summed E-state index contributed by atoms with van der Waals surface area (Å²) in [5, 5.41) is 3.96. The molecule has 1 aromatic heterocycles. The largest absolute Gasteiger partial charge is 0.493 e. The van der Waals surface area contributed by atoms with Crippen LogP contribution in [0.4, 0.5) is 0 Å². The summed E-state index contributed by atoms with van der Waals surface area (Å²) in [6.45, 7) is 8.22. The van der Waals surface area contributed by atoms with Gasteiger partial charge in [0.1, 0.15) is 12.4 Å². The van der Waals surface area contributed by atoms with Crippen molar-refractivity contribution in [1.29, 1.82) is 0 Å². The molecule has 4 rings (SSSR count). The molecule has 162 valence electrons. The molecule has 0 bridgehead atoms. The van der Waals surface area contributed by atoms with Crippen LogP contribution in [0.3, 0.4) is 0 Å². The van der Waals surface area contributed by atoms with E-state index in [0.717, 1.165) is 56.0 Å². The first kappa shape index (κ1) is 20.7. The molecular formula is C23H31N3O4. The van der Waals surface area contributed by atoms with E-state index < -0.39 is 0 Å². The summed E-state index contributed by atoms with van der Waals surface area (Å²) < 4.78 is 16.7. The Morgan fingerprint density at radius 3 is 2.67 bits per heavy atom. The van der Waals surface area contributed by atoms with Crippen molar-refractivity contribution in [3.63, 3.8) is 0 Å². The summed E-state index contributed by atoms with van der Waals surface area (Å²) in [7, 11) is 1.60. The van der Waals surface area contributed by atoms with Crippen LogP contribution in [0.5, 0.6) is 11.5 Å². The lowest BCUT2D eigenvalue weighted by Gasteiger charge is -2.28. The smallest absolute Gasteiger partial charge is 0.254 e. The maximum Gasteiger partial charge on any atom is 0.254 e. The number of aryl methyl sites for hydroxylation is 2. The van der Waals surface area contributed by atoms with Crippen molar-refractivity contribution in [2.45, 2.75) is 52.2 Å². The number of carbonyl (C=O) groups is 1. The van der Waals surface area contributed by atoms with Gasteiger partial charge in [-0.2, -0.15) is 0 Å². The van der Waals surface area contributed by atoms with Crippen LogP contribution in [0.15, 0.2) is 22.7 Å². The number of benzene rings is 1. The number of hydrogen-bond donors (Lipinski definition) is 0. The molecule has 0 N–H and O–H groups in total. The quantitative estimate of drug-likeness (QED) is 0.691. The number of aromatic nitrogens is 1. The molecule has 2 aliphatic heterocycles. The number of ether oxygens (including phenoxy) is 2. The minimum atomic E-state index is 0.0762. The Kier molecular flexibility index (Phi) is 6.27. The number of carbonyl (C=O) groups excluding carboxylic acids is 1. The Morgan fingerprint density at radius 2 is 1.97 bits per heavy atom. The molecule has 1 unspecified atom stereocenters. The van der Waals surface area contributed by atoms with Gasteiger partial charge < -0.3 is 23.8 Å². The van der Waals surface area contributed by atoms with Crippen molar-refractivity contribution < 1.29 is 18.8 Å². The maximum atomic E-state index is 13.2. The Balaban J connectivity index is 1.45. The molecule has 2 saturated heterocycles. The molecule has 2 aromatic rings. The molecule has 1 aromatic carbocycles. The van der Waals surface area contributed by atoms with E-state index in [2.05, 4.69) is 10.1 Å². The molecule has 3 heterocycles. The topological polar surface area (TPSA) is 68.0 Å². The van der Waals surface area contributed by atoms with E-state index in [0.29, 0.717) is 29.7 Å². The third-order valence-corrected chi connectivity index (χ3v) is 6.27. The highest BCUT2D eigenvalue weighted by molar-refractivity contribution is 5.95. The molecule has 2 fully saturated rings. The van der Waals surface area contributed by atoms with Gasteiger partial charge in [0.05, 0.1) is 18.4 Å². The van der Waals surface area contributed by atoms with Gasteiger partial charge in [0.15, 0.2) is 11.5 Å². The van der Waals surface area contributed by atoms with E-state index in [1.807, 2.05) is 30.9 Å². The van der Waals surface area contributed by atoms with Crippen LogP contribution in [0.1, 0.15) is 53.1 Å². The zero-order valence-corrected chi connectivity index (χ0v) is 18.1. The third-order valence-electron chi connectivity index (χ3n) is 6.27. The van der Waals surface area contributed by atoms with Gasteiger partial charge in [0.2, 0.25) is 0 Å². The zero-order chi connectivity index (χ0) is 21.1. The van der Waals surface area contributed by atoms with Crippen LogP contribution < -0.4 is 9.47 Å². The number of methoxy groups -OCH3 is 1. The lowest BCUT2D eigenvalue weighted by molar-refractivity contribution is 0.0708. The average Bonchev–Trinajstić information content (AvgIpc) is 3.50. The Bertz CT molecular complexity index is 869. The van der Waals surface area contributed by atoms with Gasteiger partial charge >= 0.3 is 0 Å². The normalized spacial score (nSPS) is 19.4. The molecule has 7 nitrogen and oxygen atoms in total. The number of hydrogen-bond acceptors (Lipinski definition) is 6. The lowest BCUT2D eigenvalue weighted by Crippen LogP contribution is -2.42. The summed E-state index contributed by atoms with van der Waals surface area (Å²) in [4.78, 5) is 17.8. The van der Waals surface area contributed by atoms with Crippen molar-refractivity contribution in [3.8, 4) is 11.5 Å². The van der Waals surface area contributed by atoms with E-state index in [-0.39, 0.29) is 5.91 Å². The predicted octanol–water partition coefficient (Wildman–Crippen LogP) is 3.58. The van der Waals surface area contributed by atoms with Gasteiger partial charge in [-0.3, -0.25) is 4.79 Å². The van der Waals surface area contributed by atoms with Gasteiger partial charge in [0.25, 0.3) is 5.91 Å². The monoisotopic (exact) mass is 413 g/mol. The Hall–Kier alpha value is -2.54. The second-order valence-electron chi connectivity index (χ2n) is 8.26. The van der Waals surface area contributed by atoms with Gasteiger partial charge in [-0.15, -0.1) is 0 Å². The molecule has 1 atom stereocenters. The molecule has 0 aliphatic carbocycles. The van der Waals surface area contributed by atoms with Gasteiger partial charge in [-0.1, -0.05) is 5.16 Å². The summed E-state index contributed by atoms with van der Waals surface area (Å²) in [6.07, 6.45) is 4.69. The summed E-state index contributed by atoms with van der Waals surface area (Å²) in [5.41, 5.74) is 2.39. The van der Waals surface area contributed by atoms with Crippen molar-refractivity contribution in [2.75, 3.05) is 33.3 Å². The first-order chi connectivity index (χ1) is 14.6. The average molecular weight is 414 g/mol. The van der Waals surface area contributed by atoms with Gasteiger partial charge in [-0.25, -0.2) is 0 Å². The van der Waals surface area contributed by atoms with E-state index in [4.69, 9.17) is 14.0 Å². The van der Waals surface area contributed by atoms with Crippen LogP contribution in [-0.2, 0) is 6.61 Å². The van der Waals surface area contributed by atoms with Crippen molar-refractivity contribution in [2.24, 2.45) is 0 Å². The highest BCUT2D eigenvalue weighted by atomic mass is 16.5. The highest BCUT2D eigenvalue weighted by Crippen LogP contribution is 2.31. The minimum Gasteiger partial charge on any atom is -0.493 e. The molecule has 30 heavy (non-hydrogen) atoms. The highest BCUT2D eigenvalue weighted by Gasteiger charge is 2.31. The minimum absolute atomic E-state index is 0.0762. The standard InChI is InChI=1S/C23H31N3O4/c1-16-20(17(2)30-24-16)15-29-21-9-8-18(13-22(21)28-3)23(27)26-12-6-7-19(26)14-25-10-4-5-11-25/h8-9,13,19H,4-7,10-12,14-15H2,1-3H3. The fraction of sp³-hybridized carbons (Fsp3) is 0.565. The van der Waals surface area contributed by atoms with Gasteiger partial charge in [0, 0.05) is 24.7 Å². The Labute approximate surface area is 177 Å². The number of likely N-dealkylation sites (tertiary alicyclic amines) is 2. The lowest BCUT2D eigenvalue weighted by atomic mass is 10.1. The second-order valence-corrected chi connectivity index (χ2v) is 8.26. The molecule has 1 amide bonds. The van der Waals surface area contributed by atoms with Crippen LogP contribution in [0.25, 0.3) is 0 Å². The van der Waals surface area contributed by atoms with Crippen LogP contribution >= 0.6 is 0 Å². The van der Waals surface area contributed by atoms with Crippen LogP contribution in [-0.4, -0.2) is 60.2 Å². The number of rotatable bonds is 7. The molecule has 0 radical (unpaired) electrons. The first-order valence-corrected chi connectivity index (χ1v) is 10.8. The maximum absolute atomic E-state index is 13.2. The fourth-order valence-corrected chi connectivity index (χ4v) is 4.50. The summed E-state index contributed by atoms with van der Waals surface area (Å²) in [6, 6.07) is 5.74. The SMILES string of the molecule is COc1cc(C(=O)N2CCCC2CN2CCCC2)ccc1OCc1c(C)noc1C. The number of amides is 1. The molecule has 0 spiro atoms. The molecule has 7 heteroatoms. The van der Waals surface area contributed by atoms with Crippen molar-refractivity contribution in [3.05, 3.63) is 40.8 Å². The molecule has 2 aliphatic rings. The number of nitrogens with zero attached hydrogens (tertiary/aromatic N) is 3. The summed E-state index contributed by atoms with van der Waals surface area (Å²) in [5.74, 6) is 1.98. The van der Waals surface area contributed by atoms with Crippen LogP contribution in [0, 0.1) is 13.8 Å². The Morgan fingerprint density at radius 1 is 1.17 bits per heavy atom. The van der Waals surface area contributed by atoms with Crippen molar-refractivity contribution in [1.82, 2.24) is 15.0 Å². The summed E-state index contributed by atoms with van der Waals surface area (Å²) >= 11 is 0. The van der Waals surface area contributed by atoms with Crippen molar-refractivity contribution >= 4 is 5.91 Å². The van der Waals surface area contributed by atoms with Gasteiger partial charge in [-0.05, 0) is 70.8 Å².